The number of benzene rings is 4. The van der Waals surface area contributed by atoms with Crippen LogP contribution in [0.1, 0.15) is 33.4 Å². The Hall–Kier alpha value is -3.54. The van der Waals surface area contributed by atoms with E-state index in [0.29, 0.717) is 22.3 Å². The van der Waals surface area contributed by atoms with Crippen LogP contribution >= 0.6 is 0 Å². The zero-order chi connectivity index (χ0) is 22.7. The molecule has 0 spiro atoms. The maximum absolute atomic E-state index is 13.1. The summed E-state index contributed by atoms with van der Waals surface area (Å²) in [7, 11) is 0. The molecular weight excluding hydrogens is 426 g/mol. The van der Waals surface area contributed by atoms with Crippen LogP contribution in [-0.2, 0) is 12.4 Å². The van der Waals surface area contributed by atoms with E-state index in [1.54, 1.807) is 0 Å². The molecule has 0 bridgehead atoms. The highest BCUT2D eigenvalue weighted by Gasteiger charge is 2.32. The normalized spacial score (nSPS) is 13.8. The molecule has 0 aliphatic heterocycles. The fraction of sp³-hybridized carbons (Fsp3) is 0.0769. The smallest absolute Gasteiger partial charge is 0.166 e. The summed E-state index contributed by atoms with van der Waals surface area (Å²) in [4.78, 5) is 0. The fourth-order valence-corrected chi connectivity index (χ4v) is 4.28. The summed E-state index contributed by atoms with van der Waals surface area (Å²) in [5, 5.41) is 1.88. The second-order valence-electron chi connectivity index (χ2n) is 7.61. The summed E-state index contributed by atoms with van der Waals surface area (Å²) in [6.07, 6.45) is -8.91. The molecule has 160 valence electrons. The summed E-state index contributed by atoms with van der Waals surface area (Å²) >= 11 is 0. The van der Waals surface area contributed by atoms with Crippen molar-refractivity contribution in [2.75, 3.05) is 0 Å². The maximum Gasteiger partial charge on any atom is 0.416 e. The van der Waals surface area contributed by atoms with Gasteiger partial charge in [0.15, 0.2) is 0 Å². The summed E-state index contributed by atoms with van der Waals surface area (Å²) in [6.45, 7) is 0. The van der Waals surface area contributed by atoms with Crippen molar-refractivity contribution in [3.8, 4) is 0 Å². The van der Waals surface area contributed by atoms with Gasteiger partial charge in [-0.3, -0.25) is 0 Å². The molecule has 0 amide bonds. The van der Waals surface area contributed by atoms with E-state index in [4.69, 9.17) is 0 Å². The molecule has 1 aliphatic rings. The second kappa shape index (κ2) is 6.99. The van der Waals surface area contributed by atoms with Crippen LogP contribution in [0.25, 0.3) is 21.9 Å². The van der Waals surface area contributed by atoms with E-state index in [9.17, 15) is 26.3 Å². The fourth-order valence-electron chi connectivity index (χ4n) is 4.28. The summed E-state index contributed by atoms with van der Waals surface area (Å²) in [6, 6.07) is 21.1. The molecule has 32 heavy (non-hydrogen) atoms. The van der Waals surface area contributed by atoms with Crippen molar-refractivity contribution in [3.63, 3.8) is 0 Å². The highest BCUT2D eigenvalue weighted by Crippen LogP contribution is 2.48. The van der Waals surface area contributed by atoms with E-state index in [0.717, 1.165) is 46.2 Å². The topological polar surface area (TPSA) is 0 Å². The lowest BCUT2D eigenvalue weighted by Gasteiger charge is -2.13. The molecular formula is C26H14F6. The SMILES string of the molecule is FC(F)(F)c1ccc(C2=C(c3ccc(C(F)(F)F)cc3)c3cccc4cccc2c34)cc1. The molecule has 4 aromatic carbocycles. The van der Waals surface area contributed by atoms with Crippen molar-refractivity contribution >= 4 is 21.9 Å². The Labute approximate surface area is 179 Å². The van der Waals surface area contributed by atoms with Gasteiger partial charge in [0.05, 0.1) is 11.1 Å². The molecule has 0 fully saturated rings. The monoisotopic (exact) mass is 440 g/mol. The molecule has 0 saturated carbocycles. The van der Waals surface area contributed by atoms with Crippen molar-refractivity contribution in [2.24, 2.45) is 0 Å². The minimum absolute atomic E-state index is 0.566. The molecule has 5 rings (SSSR count). The quantitative estimate of drug-likeness (QED) is 0.243. The molecule has 4 aromatic rings. The highest BCUT2D eigenvalue weighted by atomic mass is 19.4. The van der Waals surface area contributed by atoms with Gasteiger partial charge in [0.25, 0.3) is 0 Å². The van der Waals surface area contributed by atoms with Crippen LogP contribution in [0, 0.1) is 0 Å². The van der Waals surface area contributed by atoms with E-state index in [1.165, 1.54) is 24.3 Å². The molecule has 1 aliphatic carbocycles. The predicted octanol–water partition coefficient (Wildman–Crippen LogP) is 8.20. The van der Waals surface area contributed by atoms with Gasteiger partial charge in [0.2, 0.25) is 0 Å². The van der Waals surface area contributed by atoms with Crippen LogP contribution < -0.4 is 0 Å². The second-order valence-corrected chi connectivity index (χ2v) is 7.61. The Kier molecular flexibility index (Phi) is 4.45. The lowest BCUT2D eigenvalue weighted by molar-refractivity contribution is -0.138. The first-order chi connectivity index (χ1) is 15.1. The molecule has 6 heteroatoms. The molecule has 0 aromatic heterocycles. The lowest BCUT2D eigenvalue weighted by Crippen LogP contribution is -2.05. The van der Waals surface area contributed by atoms with Crippen molar-refractivity contribution in [2.45, 2.75) is 12.4 Å². The van der Waals surface area contributed by atoms with Crippen LogP contribution in [-0.4, -0.2) is 0 Å². The van der Waals surface area contributed by atoms with Gasteiger partial charge in [0, 0.05) is 0 Å². The van der Waals surface area contributed by atoms with E-state index in [2.05, 4.69) is 0 Å². The highest BCUT2D eigenvalue weighted by molar-refractivity contribution is 6.20. The number of alkyl halides is 6. The molecule has 0 unspecified atom stereocenters. The van der Waals surface area contributed by atoms with Crippen LogP contribution in [0.4, 0.5) is 26.3 Å². The van der Waals surface area contributed by atoms with Crippen LogP contribution in [0.2, 0.25) is 0 Å². The maximum atomic E-state index is 13.1. The van der Waals surface area contributed by atoms with Crippen molar-refractivity contribution in [3.05, 3.63) is 118 Å². The first-order valence-corrected chi connectivity index (χ1v) is 9.76. The molecule has 0 N–H and O–H groups in total. The number of hydrogen-bond acceptors (Lipinski definition) is 0. The zero-order valence-electron chi connectivity index (χ0n) is 16.4. The van der Waals surface area contributed by atoms with Crippen molar-refractivity contribution < 1.29 is 26.3 Å². The van der Waals surface area contributed by atoms with Gasteiger partial charge in [-0.1, -0.05) is 60.7 Å². The Morgan fingerprint density at radius 2 is 0.812 bits per heavy atom. The number of rotatable bonds is 2. The summed E-state index contributed by atoms with van der Waals surface area (Å²) in [5.74, 6) is 0. The minimum Gasteiger partial charge on any atom is -0.166 e. The van der Waals surface area contributed by atoms with E-state index in [-0.39, 0.29) is 0 Å². The third kappa shape index (κ3) is 3.27. The molecule has 0 nitrogen and oxygen atoms in total. The van der Waals surface area contributed by atoms with Crippen molar-refractivity contribution in [1.29, 1.82) is 0 Å². The Balaban J connectivity index is 1.76. The number of hydrogen-bond donors (Lipinski definition) is 0. The Bertz CT molecular complexity index is 1250. The van der Waals surface area contributed by atoms with Gasteiger partial charge in [-0.05, 0) is 68.4 Å². The molecule has 0 saturated heterocycles. The average Bonchev–Trinajstić information content (AvgIpc) is 3.09. The van der Waals surface area contributed by atoms with Crippen LogP contribution in [0.3, 0.4) is 0 Å². The average molecular weight is 440 g/mol. The van der Waals surface area contributed by atoms with E-state index >= 15 is 0 Å². The van der Waals surface area contributed by atoms with Gasteiger partial charge >= 0.3 is 12.4 Å². The van der Waals surface area contributed by atoms with Crippen molar-refractivity contribution in [1.82, 2.24) is 0 Å². The predicted molar refractivity (Wildman–Crippen MR) is 112 cm³/mol. The summed E-state index contributed by atoms with van der Waals surface area (Å²) < 4.78 is 78.4. The summed E-state index contributed by atoms with van der Waals surface area (Å²) in [5.41, 5.74) is 2.70. The third-order valence-electron chi connectivity index (χ3n) is 5.70. The number of halogens is 6. The van der Waals surface area contributed by atoms with Gasteiger partial charge in [-0.15, -0.1) is 0 Å². The van der Waals surface area contributed by atoms with Gasteiger partial charge in [-0.2, -0.15) is 26.3 Å². The first-order valence-electron chi connectivity index (χ1n) is 9.76. The zero-order valence-corrected chi connectivity index (χ0v) is 16.4. The standard InChI is InChI=1S/C26H14F6/c27-25(28,29)18-11-7-16(8-12-18)23-20-5-1-3-15-4-2-6-21(22(15)20)24(23)17-9-13-19(14-10-17)26(30,31)32/h1-14H. The first kappa shape index (κ1) is 20.4. The van der Waals surface area contributed by atoms with Crippen LogP contribution in [0.15, 0.2) is 84.9 Å². The third-order valence-corrected chi connectivity index (χ3v) is 5.70. The van der Waals surface area contributed by atoms with Gasteiger partial charge < -0.3 is 0 Å². The molecule has 0 radical (unpaired) electrons. The van der Waals surface area contributed by atoms with Gasteiger partial charge in [-0.25, -0.2) is 0 Å². The van der Waals surface area contributed by atoms with Gasteiger partial charge in [0.1, 0.15) is 0 Å². The minimum atomic E-state index is -4.46. The van der Waals surface area contributed by atoms with Crippen LogP contribution in [0.5, 0.6) is 0 Å². The van der Waals surface area contributed by atoms with E-state index < -0.39 is 23.5 Å². The Morgan fingerprint density at radius 1 is 0.438 bits per heavy atom. The lowest BCUT2D eigenvalue weighted by atomic mass is 9.91. The molecule has 0 heterocycles. The largest absolute Gasteiger partial charge is 0.416 e. The Morgan fingerprint density at radius 3 is 1.16 bits per heavy atom. The van der Waals surface area contributed by atoms with E-state index in [1.807, 2.05) is 36.4 Å². The molecule has 0 atom stereocenters.